The van der Waals surface area contributed by atoms with Gasteiger partial charge < -0.3 is 4.90 Å². The second-order valence-electron chi connectivity index (χ2n) is 4.84. The van der Waals surface area contributed by atoms with Gasteiger partial charge in [-0.1, -0.05) is 6.92 Å². The minimum absolute atomic E-state index is 0.0354. The summed E-state index contributed by atoms with van der Waals surface area (Å²) in [5.74, 6) is 0.419. The predicted octanol–water partition coefficient (Wildman–Crippen LogP) is 0.752. The maximum Gasteiger partial charge on any atom is 0.330 e. The van der Waals surface area contributed by atoms with Gasteiger partial charge in [0, 0.05) is 33.2 Å². The molecule has 1 saturated heterocycles. The van der Waals surface area contributed by atoms with Crippen molar-refractivity contribution in [3.63, 3.8) is 0 Å². The molecule has 2 rings (SSSR count). The highest BCUT2D eigenvalue weighted by atomic mass is 16.6. The number of anilines is 1. The van der Waals surface area contributed by atoms with Crippen molar-refractivity contribution in [2.24, 2.45) is 7.05 Å². The molecular weight excluding hydrogens is 260 g/mol. The maximum absolute atomic E-state index is 11.0. The van der Waals surface area contributed by atoms with E-state index in [2.05, 4.69) is 16.1 Å². The molecule has 0 spiro atoms. The first kappa shape index (κ1) is 14.3. The Hall–Kier alpha value is -2.14. The van der Waals surface area contributed by atoms with Crippen molar-refractivity contribution in [1.82, 2.24) is 14.7 Å². The fourth-order valence-corrected chi connectivity index (χ4v) is 2.49. The Balaban J connectivity index is 2.08. The van der Waals surface area contributed by atoms with Crippen LogP contribution in [0.15, 0.2) is 6.20 Å². The van der Waals surface area contributed by atoms with E-state index in [9.17, 15) is 10.1 Å². The summed E-state index contributed by atoms with van der Waals surface area (Å²) < 4.78 is 1.46. The lowest BCUT2D eigenvalue weighted by atomic mass is 10.2. The summed E-state index contributed by atoms with van der Waals surface area (Å²) >= 11 is 0. The molecule has 0 bridgehead atoms. The van der Waals surface area contributed by atoms with E-state index in [1.165, 1.54) is 10.9 Å². The lowest BCUT2D eigenvalue weighted by Crippen LogP contribution is -2.50. The van der Waals surface area contributed by atoms with Crippen LogP contribution in [0.1, 0.15) is 13.3 Å². The first-order chi connectivity index (χ1) is 9.56. The summed E-state index contributed by atoms with van der Waals surface area (Å²) in [6, 6.07) is 2.22. The summed E-state index contributed by atoms with van der Waals surface area (Å²) in [7, 11) is 1.68. The van der Waals surface area contributed by atoms with Gasteiger partial charge in [-0.15, -0.1) is 5.10 Å². The van der Waals surface area contributed by atoms with E-state index in [4.69, 9.17) is 5.26 Å². The predicted molar refractivity (Wildman–Crippen MR) is 73.3 cm³/mol. The third kappa shape index (κ3) is 2.72. The fraction of sp³-hybridized carbons (Fsp3) is 0.667. The second-order valence-corrected chi connectivity index (χ2v) is 4.84. The fourth-order valence-electron chi connectivity index (χ4n) is 2.49. The standard InChI is InChI=1S/C12H18N6O2/c1-3-10(8-13)16-4-6-17(7-5-16)12-11(18(19)20)9-15(2)14-12/h9-10H,3-7H2,1-2H3. The number of hydrogen-bond acceptors (Lipinski definition) is 6. The largest absolute Gasteiger partial charge is 0.347 e. The molecule has 1 unspecified atom stereocenters. The Morgan fingerprint density at radius 2 is 2.15 bits per heavy atom. The topological polar surface area (TPSA) is 91.2 Å². The van der Waals surface area contributed by atoms with Gasteiger partial charge in [-0.3, -0.25) is 19.7 Å². The Kier molecular flexibility index (Phi) is 4.20. The molecule has 1 fully saturated rings. The van der Waals surface area contributed by atoms with Gasteiger partial charge in [-0.25, -0.2) is 0 Å². The van der Waals surface area contributed by atoms with E-state index in [1.54, 1.807) is 7.05 Å². The van der Waals surface area contributed by atoms with Crippen LogP contribution in [0.25, 0.3) is 0 Å². The summed E-state index contributed by atoms with van der Waals surface area (Å²) in [4.78, 5) is 14.6. The number of nitrogens with zero attached hydrogens (tertiary/aromatic N) is 6. The van der Waals surface area contributed by atoms with Crippen LogP contribution >= 0.6 is 0 Å². The van der Waals surface area contributed by atoms with Crippen molar-refractivity contribution in [1.29, 1.82) is 5.26 Å². The average molecular weight is 278 g/mol. The van der Waals surface area contributed by atoms with Crippen LogP contribution in [-0.2, 0) is 7.05 Å². The van der Waals surface area contributed by atoms with Crippen molar-refractivity contribution in [3.8, 4) is 6.07 Å². The summed E-state index contributed by atoms with van der Waals surface area (Å²) in [5.41, 5.74) is 0.0354. The van der Waals surface area contributed by atoms with Crippen LogP contribution in [-0.4, -0.2) is 51.8 Å². The van der Waals surface area contributed by atoms with Crippen LogP contribution in [0.4, 0.5) is 11.5 Å². The summed E-state index contributed by atoms with van der Waals surface area (Å²) in [6.07, 6.45) is 2.21. The molecule has 2 heterocycles. The van der Waals surface area contributed by atoms with E-state index in [0.29, 0.717) is 18.9 Å². The molecule has 0 saturated carbocycles. The lowest BCUT2D eigenvalue weighted by molar-refractivity contribution is -0.384. The molecule has 1 aliphatic heterocycles. The van der Waals surface area contributed by atoms with Gasteiger partial charge in [0.25, 0.3) is 0 Å². The molecule has 1 aliphatic rings. The molecule has 8 nitrogen and oxygen atoms in total. The minimum atomic E-state index is -0.404. The number of nitriles is 1. The molecule has 108 valence electrons. The van der Waals surface area contributed by atoms with E-state index in [1.807, 2.05) is 11.8 Å². The number of aromatic nitrogens is 2. The molecule has 1 aromatic rings. The van der Waals surface area contributed by atoms with Crippen LogP contribution in [0.2, 0.25) is 0 Å². The van der Waals surface area contributed by atoms with Gasteiger partial charge in [0.1, 0.15) is 6.20 Å². The molecule has 0 amide bonds. The van der Waals surface area contributed by atoms with Gasteiger partial charge in [-0.05, 0) is 6.42 Å². The molecule has 1 aromatic heterocycles. The summed E-state index contributed by atoms with van der Waals surface area (Å²) in [5, 5.41) is 24.3. The molecule has 0 radical (unpaired) electrons. The maximum atomic E-state index is 11.0. The number of aryl methyl sites for hydroxylation is 1. The SMILES string of the molecule is CCC(C#N)N1CCN(c2nn(C)cc2[N+](=O)[O-])CC1. The smallest absolute Gasteiger partial charge is 0.330 e. The summed E-state index contributed by atoms with van der Waals surface area (Å²) in [6.45, 7) is 4.73. The van der Waals surface area contributed by atoms with Crippen molar-refractivity contribution < 1.29 is 4.92 Å². The van der Waals surface area contributed by atoms with Gasteiger partial charge in [0.15, 0.2) is 0 Å². The first-order valence-electron chi connectivity index (χ1n) is 6.63. The van der Waals surface area contributed by atoms with Gasteiger partial charge in [0.05, 0.1) is 17.0 Å². The van der Waals surface area contributed by atoms with Crippen LogP contribution in [0.5, 0.6) is 0 Å². The molecule has 1 atom stereocenters. The van der Waals surface area contributed by atoms with E-state index in [-0.39, 0.29) is 11.7 Å². The number of hydrogen-bond donors (Lipinski definition) is 0. The van der Waals surface area contributed by atoms with E-state index >= 15 is 0 Å². The van der Waals surface area contributed by atoms with E-state index in [0.717, 1.165) is 19.5 Å². The molecule has 0 aliphatic carbocycles. The van der Waals surface area contributed by atoms with E-state index < -0.39 is 4.92 Å². The van der Waals surface area contributed by atoms with Gasteiger partial charge >= 0.3 is 5.69 Å². The zero-order valence-corrected chi connectivity index (χ0v) is 11.7. The highest BCUT2D eigenvalue weighted by molar-refractivity contribution is 5.57. The zero-order valence-electron chi connectivity index (χ0n) is 11.7. The normalized spacial score (nSPS) is 17.8. The van der Waals surface area contributed by atoms with Crippen LogP contribution in [0.3, 0.4) is 0 Å². The Morgan fingerprint density at radius 3 is 2.65 bits per heavy atom. The highest BCUT2D eigenvalue weighted by Crippen LogP contribution is 2.27. The van der Waals surface area contributed by atoms with Crippen molar-refractivity contribution in [2.45, 2.75) is 19.4 Å². The Morgan fingerprint density at radius 1 is 1.50 bits per heavy atom. The highest BCUT2D eigenvalue weighted by Gasteiger charge is 2.28. The second kappa shape index (κ2) is 5.88. The third-order valence-electron chi connectivity index (χ3n) is 3.58. The third-order valence-corrected chi connectivity index (χ3v) is 3.58. The number of rotatable bonds is 4. The molecular formula is C12H18N6O2. The van der Waals surface area contributed by atoms with Crippen molar-refractivity contribution >= 4 is 11.5 Å². The van der Waals surface area contributed by atoms with Crippen molar-refractivity contribution in [3.05, 3.63) is 16.3 Å². The molecule has 20 heavy (non-hydrogen) atoms. The first-order valence-corrected chi connectivity index (χ1v) is 6.63. The van der Waals surface area contributed by atoms with Gasteiger partial charge in [0.2, 0.25) is 5.82 Å². The van der Waals surface area contributed by atoms with Crippen molar-refractivity contribution in [2.75, 3.05) is 31.1 Å². The Labute approximate surface area is 117 Å². The number of nitro groups is 1. The molecule has 0 N–H and O–H groups in total. The van der Waals surface area contributed by atoms with Gasteiger partial charge in [-0.2, -0.15) is 5.26 Å². The molecule has 0 aromatic carbocycles. The quantitative estimate of drug-likeness (QED) is 0.596. The van der Waals surface area contributed by atoms with Crippen LogP contribution in [0, 0.1) is 21.4 Å². The average Bonchev–Trinajstić information content (AvgIpc) is 2.83. The lowest BCUT2D eigenvalue weighted by Gasteiger charge is -2.36. The van der Waals surface area contributed by atoms with Crippen LogP contribution < -0.4 is 4.90 Å². The molecule has 8 heteroatoms. The minimum Gasteiger partial charge on any atom is -0.347 e. The Bertz CT molecular complexity index is 527. The monoisotopic (exact) mass is 278 g/mol. The zero-order chi connectivity index (χ0) is 14.7. The number of piperazine rings is 1.